The predicted molar refractivity (Wildman–Crippen MR) is 83.6 cm³/mol. The SMILES string of the molecule is CC(=O)c1cc(Br)ccc1NC(=O)c1cnc(C)nc1C. The van der Waals surface area contributed by atoms with Gasteiger partial charge in [-0.25, -0.2) is 9.97 Å². The van der Waals surface area contributed by atoms with Gasteiger partial charge in [0.1, 0.15) is 5.82 Å². The number of nitrogens with one attached hydrogen (secondary N) is 1. The van der Waals surface area contributed by atoms with Crippen molar-refractivity contribution in [3.63, 3.8) is 0 Å². The minimum Gasteiger partial charge on any atom is -0.321 e. The molecule has 0 aliphatic heterocycles. The Morgan fingerprint density at radius 1 is 1.19 bits per heavy atom. The number of Topliss-reactive ketones (excluding diaryl/α,β-unsaturated/α-hetero) is 1. The number of carbonyl (C=O) groups excluding carboxylic acids is 2. The van der Waals surface area contributed by atoms with E-state index in [-0.39, 0.29) is 11.7 Å². The van der Waals surface area contributed by atoms with E-state index < -0.39 is 0 Å². The lowest BCUT2D eigenvalue weighted by Crippen LogP contribution is -2.17. The number of rotatable bonds is 3. The molecule has 0 bridgehead atoms. The standard InChI is InChI=1S/C15H14BrN3O2/c1-8-13(7-17-10(3)18-8)15(21)19-14-5-4-11(16)6-12(14)9(2)20/h4-7H,1-3H3,(H,19,21). The number of hydrogen-bond acceptors (Lipinski definition) is 4. The molecule has 0 unspecified atom stereocenters. The number of carbonyl (C=O) groups is 2. The maximum absolute atomic E-state index is 12.3. The summed E-state index contributed by atoms with van der Waals surface area (Å²) in [7, 11) is 0. The van der Waals surface area contributed by atoms with E-state index in [1.165, 1.54) is 13.1 Å². The van der Waals surface area contributed by atoms with Crippen molar-refractivity contribution in [3.8, 4) is 0 Å². The highest BCUT2D eigenvalue weighted by Crippen LogP contribution is 2.22. The molecule has 1 amide bonds. The highest BCUT2D eigenvalue weighted by molar-refractivity contribution is 9.10. The Morgan fingerprint density at radius 3 is 2.52 bits per heavy atom. The van der Waals surface area contributed by atoms with Gasteiger partial charge in [-0.1, -0.05) is 15.9 Å². The third-order valence-corrected chi connectivity index (χ3v) is 3.45. The molecule has 1 heterocycles. The van der Waals surface area contributed by atoms with E-state index >= 15 is 0 Å². The van der Waals surface area contributed by atoms with Crippen LogP contribution in [0.3, 0.4) is 0 Å². The van der Waals surface area contributed by atoms with E-state index in [1.54, 1.807) is 32.0 Å². The lowest BCUT2D eigenvalue weighted by Gasteiger charge is -2.10. The van der Waals surface area contributed by atoms with Gasteiger partial charge in [-0.15, -0.1) is 0 Å². The molecule has 21 heavy (non-hydrogen) atoms. The zero-order chi connectivity index (χ0) is 15.6. The molecule has 0 saturated heterocycles. The first kappa shape index (κ1) is 15.3. The fraction of sp³-hybridized carbons (Fsp3) is 0.200. The van der Waals surface area contributed by atoms with Gasteiger partial charge in [0.05, 0.1) is 16.9 Å². The summed E-state index contributed by atoms with van der Waals surface area (Å²) in [5.41, 5.74) is 1.90. The minimum atomic E-state index is -0.336. The van der Waals surface area contributed by atoms with Crippen molar-refractivity contribution < 1.29 is 9.59 Å². The Labute approximate surface area is 130 Å². The molecule has 0 aliphatic carbocycles. The molecular formula is C15H14BrN3O2. The van der Waals surface area contributed by atoms with Crippen LogP contribution in [0.2, 0.25) is 0 Å². The van der Waals surface area contributed by atoms with Gasteiger partial charge in [0.2, 0.25) is 0 Å². The van der Waals surface area contributed by atoms with E-state index in [4.69, 9.17) is 0 Å². The average Bonchev–Trinajstić information content (AvgIpc) is 2.40. The maximum atomic E-state index is 12.3. The third-order valence-electron chi connectivity index (χ3n) is 2.95. The van der Waals surface area contributed by atoms with Crippen LogP contribution in [0.15, 0.2) is 28.9 Å². The Morgan fingerprint density at radius 2 is 1.90 bits per heavy atom. The highest BCUT2D eigenvalue weighted by atomic mass is 79.9. The second kappa shape index (κ2) is 6.13. The van der Waals surface area contributed by atoms with Crippen molar-refractivity contribution in [2.24, 2.45) is 0 Å². The molecule has 2 rings (SSSR count). The lowest BCUT2D eigenvalue weighted by molar-refractivity contribution is 0.101. The quantitative estimate of drug-likeness (QED) is 0.864. The number of anilines is 1. The molecule has 1 aromatic heterocycles. The number of benzene rings is 1. The Balaban J connectivity index is 2.34. The van der Waals surface area contributed by atoms with Crippen LogP contribution >= 0.6 is 15.9 Å². The summed E-state index contributed by atoms with van der Waals surface area (Å²) in [6.45, 7) is 4.96. The number of ketones is 1. The molecule has 2 aromatic rings. The fourth-order valence-electron chi connectivity index (χ4n) is 1.91. The Bertz CT molecular complexity index is 729. The number of nitrogens with zero attached hydrogens (tertiary/aromatic N) is 2. The Hall–Kier alpha value is -2.08. The van der Waals surface area contributed by atoms with Gasteiger partial charge < -0.3 is 5.32 Å². The van der Waals surface area contributed by atoms with Gasteiger partial charge in [0.15, 0.2) is 5.78 Å². The molecule has 0 radical (unpaired) electrons. The summed E-state index contributed by atoms with van der Waals surface area (Å²) in [6, 6.07) is 5.13. The number of amides is 1. The van der Waals surface area contributed by atoms with Crippen molar-refractivity contribution in [1.82, 2.24) is 9.97 Å². The van der Waals surface area contributed by atoms with E-state index in [0.29, 0.717) is 28.3 Å². The van der Waals surface area contributed by atoms with Gasteiger partial charge in [-0.05, 0) is 39.0 Å². The first-order valence-electron chi connectivity index (χ1n) is 6.30. The molecule has 0 fully saturated rings. The van der Waals surface area contributed by atoms with Crippen molar-refractivity contribution in [1.29, 1.82) is 0 Å². The molecule has 108 valence electrons. The van der Waals surface area contributed by atoms with E-state index in [1.807, 2.05) is 0 Å². The molecule has 6 heteroatoms. The van der Waals surface area contributed by atoms with Crippen molar-refractivity contribution in [2.75, 3.05) is 5.32 Å². The van der Waals surface area contributed by atoms with Gasteiger partial charge in [-0.2, -0.15) is 0 Å². The molecule has 0 saturated carbocycles. The van der Waals surface area contributed by atoms with Crippen LogP contribution in [0.4, 0.5) is 5.69 Å². The molecule has 0 atom stereocenters. The maximum Gasteiger partial charge on any atom is 0.259 e. The molecular weight excluding hydrogens is 334 g/mol. The molecule has 5 nitrogen and oxygen atoms in total. The largest absolute Gasteiger partial charge is 0.321 e. The smallest absolute Gasteiger partial charge is 0.259 e. The van der Waals surface area contributed by atoms with Crippen LogP contribution < -0.4 is 5.32 Å². The number of aryl methyl sites for hydroxylation is 2. The average molecular weight is 348 g/mol. The topological polar surface area (TPSA) is 72.0 Å². The van der Waals surface area contributed by atoms with Crippen molar-refractivity contribution in [3.05, 3.63) is 51.5 Å². The lowest BCUT2D eigenvalue weighted by atomic mass is 10.1. The summed E-state index contributed by atoms with van der Waals surface area (Å²) in [5.74, 6) is 0.151. The number of hydrogen-bond donors (Lipinski definition) is 1. The van der Waals surface area contributed by atoms with Gasteiger partial charge in [-0.3, -0.25) is 9.59 Å². The van der Waals surface area contributed by atoms with Gasteiger partial charge in [0, 0.05) is 16.2 Å². The summed E-state index contributed by atoms with van der Waals surface area (Å²) in [4.78, 5) is 32.1. The summed E-state index contributed by atoms with van der Waals surface area (Å²) >= 11 is 3.31. The van der Waals surface area contributed by atoms with E-state index in [0.717, 1.165) is 4.47 Å². The normalized spacial score (nSPS) is 10.3. The van der Waals surface area contributed by atoms with Crippen LogP contribution in [0.1, 0.15) is 39.2 Å². The second-order valence-corrected chi connectivity index (χ2v) is 5.53. The van der Waals surface area contributed by atoms with Crippen LogP contribution in [-0.2, 0) is 0 Å². The molecule has 0 aliphatic rings. The van der Waals surface area contributed by atoms with Crippen LogP contribution in [0.5, 0.6) is 0 Å². The van der Waals surface area contributed by atoms with Crippen molar-refractivity contribution >= 4 is 33.3 Å². The van der Waals surface area contributed by atoms with Crippen LogP contribution in [-0.4, -0.2) is 21.7 Å². The molecule has 0 spiro atoms. The first-order chi connectivity index (χ1) is 9.88. The number of aromatic nitrogens is 2. The highest BCUT2D eigenvalue weighted by Gasteiger charge is 2.15. The molecule has 1 aromatic carbocycles. The summed E-state index contributed by atoms with van der Waals surface area (Å²) < 4.78 is 0.778. The van der Waals surface area contributed by atoms with Crippen molar-refractivity contribution in [2.45, 2.75) is 20.8 Å². The van der Waals surface area contributed by atoms with Gasteiger partial charge in [0.25, 0.3) is 5.91 Å². The predicted octanol–water partition coefficient (Wildman–Crippen LogP) is 3.31. The Kier molecular flexibility index (Phi) is 4.47. The minimum absolute atomic E-state index is 0.122. The van der Waals surface area contributed by atoms with Crippen LogP contribution in [0, 0.1) is 13.8 Å². The summed E-state index contributed by atoms with van der Waals surface area (Å²) in [5, 5.41) is 2.74. The summed E-state index contributed by atoms with van der Waals surface area (Å²) in [6.07, 6.45) is 1.49. The molecule has 1 N–H and O–H groups in total. The van der Waals surface area contributed by atoms with E-state index in [2.05, 4.69) is 31.2 Å². The monoisotopic (exact) mass is 347 g/mol. The first-order valence-corrected chi connectivity index (χ1v) is 7.10. The second-order valence-electron chi connectivity index (χ2n) is 4.62. The number of halogens is 1. The third kappa shape index (κ3) is 3.52. The zero-order valence-electron chi connectivity index (χ0n) is 11.9. The van der Waals surface area contributed by atoms with Crippen LogP contribution in [0.25, 0.3) is 0 Å². The van der Waals surface area contributed by atoms with E-state index in [9.17, 15) is 9.59 Å². The zero-order valence-corrected chi connectivity index (χ0v) is 13.5. The fourth-order valence-corrected chi connectivity index (χ4v) is 2.27. The van der Waals surface area contributed by atoms with Gasteiger partial charge >= 0.3 is 0 Å².